The molecule has 1 saturated heterocycles. The second-order valence-corrected chi connectivity index (χ2v) is 11.8. The Kier molecular flexibility index (Phi) is 7.82. The summed E-state index contributed by atoms with van der Waals surface area (Å²) < 4.78 is 34.1. The van der Waals surface area contributed by atoms with E-state index in [1.165, 1.54) is 29.6 Å². The van der Waals surface area contributed by atoms with E-state index in [0.29, 0.717) is 49.4 Å². The molecular formula is C25H37N3O5S. The van der Waals surface area contributed by atoms with Gasteiger partial charge >= 0.3 is 0 Å². The van der Waals surface area contributed by atoms with Gasteiger partial charge in [0.25, 0.3) is 5.91 Å². The van der Waals surface area contributed by atoms with Gasteiger partial charge in [0.15, 0.2) is 6.10 Å². The Balaban J connectivity index is 1.40. The fourth-order valence-corrected chi connectivity index (χ4v) is 6.94. The van der Waals surface area contributed by atoms with Crippen molar-refractivity contribution < 1.29 is 22.7 Å². The monoisotopic (exact) mass is 491 g/mol. The molecule has 1 aromatic carbocycles. The summed E-state index contributed by atoms with van der Waals surface area (Å²) in [6.07, 6.45) is 9.08. The summed E-state index contributed by atoms with van der Waals surface area (Å²) >= 11 is 0. The molecule has 2 N–H and O–H groups in total. The van der Waals surface area contributed by atoms with Crippen molar-refractivity contribution in [1.82, 2.24) is 9.62 Å². The minimum atomic E-state index is -3.74. The first-order valence-electron chi connectivity index (χ1n) is 12.7. The molecule has 2 fully saturated rings. The van der Waals surface area contributed by atoms with E-state index in [1.54, 1.807) is 13.0 Å². The van der Waals surface area contributed by atoms with Crippen LogP contribution in [0.3, 0.4) is 0 Å². The summed E-state index contributed by atoms with van der Waals surface area (Å²) in [7, 11) is -3.74. The van der Waals surface area contributed by atoms with Gasteiger partial charge in [-0.1, -0.05) is 39.0 Å². The number of benzene rings is 1. The zero-order valence-electron chi connectivity index (χ0n) is 20.3. The van der Waals surface area contributed by atoms with Crippen molar-refractivity contribution in [3.8, 4) is 5.75 Å². The van der Waals surface area contributed by atoms with Gasteiger partial charge in [-0.3, -0.25) is 9.59 Å². The number of sulfonamides is 1. The summed E-state index contributed by atoms with van der Waals surface area (Å²) in [5, 5.41) is 6.04. The first-order chi connectivity index (χ1) is 16.3. The molecule has 34 heavy (non-hydrogen) atoms. The van der Waals surface area contributed by atoms with Gasteiger partial charge in [0.2, 0.25) is 15.9 Å². The van der Waals surface area contributed by atoms with E-state index in [-0.39, 0.29) is 28.7 Å². The molecule has 2 heterocycles. The van der Waals surface area contributed by atoms with E-state index < -0.39 is 16.1 Å². The van der Waals surface area contributed by atoms with Gasteiger partial charge < -0.3 is 15.4 Å². The highest BCUT2D eigenvalue weighted by atomic mass is 32.2. The molecule has 0 spiro atoms. The average Bonchev–Trinajstić information content (AvgIpc) is 2.80. The predicted octanol–water partition coefficient (Wildman–Crippen LogP) is 3.73. The van der Waals surface area contributed by atoms with Crippen LogP contribution in [0, 0.1) is 12.8 Å². The highest BCUT2D eigenvalue weighted by Crippen LogP contribution is 2.36. The lowest BCUT2D eigenvalue weighted by Crippen LogP contribution is -2.45. The summed E-state index contributed by atoms with van der Waals surface area (Å²) in [5.74, 6) is 0.0848. The van der Waals surface area contributed by atoms with Gasteiger partial charge in [-0.2, -0.15) is 4.31 Å². The lowest BCUT2D eigenvalue weighted by Gasteiger charge is -2.32. The van der Waals surface area contributed by atoms with Crippen LogP contribution in [0.5, 0.6) is 5.75 Å². The second-order valence-electron chi connectivity index (χ2n) is 9.85. The Hall–Kier alpha value is -2.13. The lowest BCUT2D eigenvalue weighted by atomic mass is 9.94. The molecule has 1 unspecified atom stereocenters. The standard InChI is InChI=1S/C25H37N3O5S/c1-3-21-25(30)27-20-15-17(2)23(16-22(20)33-21)34(31,32)28-13-11-18(12-14-28)24(29)26-19-9-7-5-4-6-8-10-19/h15-16,18-19,21H,3-14H2,1-2H3,(H,26,29)(H,27,30). The predicted molar refractivity (Wildman–Crippen MR) is 130 cm³/mol. The number of aryl methyl sites for hydroxylation is 1. The van der Waals surface area contributed by atoms with Crippen LogP contribution in [0.15, 0.2) is 17.0 Å². The van der Waals surface area contributed by atoms with Crippen LogP contribution in [-0.2, 0) is 19.6 Å². The maximum Gasteiger partial charge on any atom is 0.265 e. The molecule has 1 aromatic rings. The zero-order valence-corrected chi connectivity index (χ0v) is 21.1. The third kappa shape index (κ3) is 5.40. The van der Waals surface area contributed by atoms with Crippen molar-refractivity contribution >= 4 is 27.5 Å². The maximum atomic E-state index is 13.5. The summed E-state index contributed by atoms with van der Waals surface area (Å²) in [6, 6.07) is 3.43. The number of hydrogen-bond acceptors (Lipinski definition) is 5. The molecule has 2 amide bonds. The first kappa shape index (κ1) is 25.0. The number of fused-ring (bicyclic) bond motifs is 1. The van der Waals surface area contributed by atoms with Gasteiger partial charge in [0.05, 0.1) is 10.6 Å². The molecule has 8 nitrogen and oxygen atoms in total. The van der Waals surface area contributed by atoms with E-state index in [2.05, 4.69) is 10.6 Å². The number of nitrogens with zero attached hydrogens (tertiary/aromatic N) is 1. The molecule has 188 valence electrons. The largest absolute Gasteiger partial charge is 0.478 e. The highest BCUT2D eigenvalue weighted by Gasteiger charge is 2.35. The minimum Gasteiger partial charge on any atom is -0.478 e. The van der Waals surface area contributed by atoms with Crippen LogP contribution in [-0.4, -0.2) is 49.8 Å². The van der Waals surface area contributed by atoms with E-state index in [0.717, 1.165) is 25.7 Å². The number of amides is 2. The summed E-state index contributed by atoms with van der Waals surface area (Å²) in [6.45, 7) is 4.20. The molecule has 9 heteroatoms. The topological polar surface area (TPSA) is 105 Å². The molecule has 4 rings (SSSR count). The van der Waals surface area contributed by atoms with E-state index in [4.69, 9.17) is 4.74 Å². The third-order valence-corrected chi connectivity index (χ3v) is 9.40. The van der Waals surface area contributed by atoms with Crippen LogP contribution in [0.2, 0.25) is 0 Å². The first-order valence-corrected chi connectivity index (χ1v) is 14.2. The number of nitrogens with one attached hydrogen (secondary N) is 2. The second kappa shape index (κ2) is 10.6. The van der Waals surface area contributed by atoms with E-state index in [9.17, 15) is 18.0 Å². The number of ether oxygens (including phenoxy) is 1. The van der Waals surface area contributed by atoms with Crippen LogP contribution >= 0.6 is 0 Å². The van der Waals surface area contributed by atoms with Crippen LogP contribution in [0.1, 0.15) is 76.7 Å². The van der Waals surface area contributed by atoms with E-state index in [1.807, 2.05) is 6.92 Å². The van der Waals surface area contributed by atoms with Gasteiger partial charge in [-0.25, -0.2) is 8.42 Å². The number of carbonyl (C=O) groups excluding carboxylic acids is 2. The van der Waals surface area contributed by atoms with Crippen molar-refractivity contribution in [2.75, 3.05) is 18.4 Å². The molecule has 0 bridgehead atoms. The highest BCUT2D eigenvalue weighted by molar-refractivity contribution is 7.89. The van der Waals surface area contributed by atoms with E-state index >= 15 is 0 Å². The average molecular weight is 492 g/mol. The molecule has 1 aliphatic carbocycles. The summed E-state index contributed by atoms with van der Waals surface area (Å²) in [4.78, 5) is 25.1. The number of piperidine rings is 1. The van der Waals surface area contributed by atoms with Gasteiger partial charge in [0, 0.05) is 31.1 Å². The number of hydrogen-bond donors (Lipinski definition) is 2. The lowest BCUT2D eigenvalue weighted by molar-refractivity contribution is -0.127. The minimum absolute atomic E-state index is 0.0716. The smallest absolute Gasteiger partial charge is 0.265 e. The third-order valence-electron chi connectivity index (χ3n) is 7.36. The van der Waals surface area contributed by atoms with Crippen molar-refractivity contribution in [2.24, 2.45) is 5.92 Å². The maximum absolute atomic E-state index is 13.5. The molecule has 0 aromatic heterocycles. The van der Waals surface area contributed by atoms with Crippen LogP contribution in [0.4, 0.5) is 5.69 Å². The summed E-state index contributed by atoms with van der Waals surface area (Å²) in [5.41, 5.74) is 1.05. The van der Waals surface area contributed by atoms with Gasteiger partial charge in [-0.05, 0) is 50.7 Å². The Labute approximate surface area is 202 Å². The van der Waals surface area contributed by atoms with Crippen molar-refractivity contribution in [1.29, 1.82) is 0 Å². The molecule has 0 radical (unpaired) electrons. The van der Waals surface area contributed by atoms with Gasteiger partial charge in [0.1, 0.15) is 5.75 Å². The number of rotatable bonds is 5. The molecule has 3 aliphatic rings. The van der Waals surface area contributed by atoms with Crippen LogP contribution in [0.25, 0.3) is 0 Å². The molecule has 2 aliphatic heterocycles. The Morgan fingerprint density at radius 3 is 2.38 bits per heavy atom. The molecular weight excluding hydrogens is 454 g/mol. The number of anilines is 1. The Bertz CT molecular complexity index is 1010. The fourth-order valence-electron chi connectivity index (χ4n) is 5.25. The molecule has 1 saturated carbocycles. The Morgan fingerprint density at radius 1 is 1.09 bits per heavy atom. The number of carbonyl (C=O) groups is 2. The normalized spacial score (nSPS) is 23.2. The Morgan fingerprint density at radius 2 is 1.74 bits per heavy atom. The van der Waals surface area contributed by atoms with Gasteiger partial charge in [-0.15, -0.1) is 0 Å². The quantitative estimate of drug-likeness (QED) is 0.653. The fraction of sp³-hybridized carbons (Fsp3) is 0.680. The zero-order chi connectivity index (χ0) is 24.3. The SMILES string of the molecule is CCC1Oc2cc(S(=O)(=O)N3CCC(C(=O)NC4CCCCCCC4)CC3)c(C)cc2NC1=O. The van der Waals surface area contributed by atoms with Crippen molar-refractivity contribution in [2.45, 2.75) is 95.1 Å². The molecule has 1 atom stereocenters. The van der Waals surface area contributed by atoms with Crippen molar-refractivity contribution in [3.63, 3.8) is 0 Å². The van der Waals surface area contributed by atoms with Crippen LogP contribution < -0.4 is 15.4 Å². The van der Waals surface area contributed by atoms with Crippen molar-refractivity contribution in [3.05, 3.63) is 17.7 Å².